The van der Waals surface area contributed by atoms with Gasteiger partial charge >= 0.3 is 11.9 Å². The molecule has 0 radical (unpaired) electrons. The lowest BCUT2D eigenvalue weighted by atomic mass is 10.2. The average molecular weight is 441 g/mol. The Bertz CT molecular complexity index is 1090. The van der Waals surface area contributed by atoms with Gasteiger partial charge in [-0.2, -0.15) is 18.3 Å². The van der Waals surface area contributed by atoms with E-state index in [0.29, 0.717) is 11.8 Å². The van der Waals surface area contributed by atoms with Gasteiger partial charge in [0.15, 0.2) is 6.61 Å². The quantitative estimate of drug-likeness (QED) is 0.450. The summed E-state index contributed by atoms with van der Waals surface area (Å²) in [7, 11) is 0. The normalized spacial score (nSPS) is 11.2. The fourth-order valence-electron chi connectivity index (χ4n) is 2.46. The number of para-hydroxylation sites is 1. The highest BCUT2D eigenvalue weighted by atomic mass is 35.5. The third-order valence-corrected chi connectivity index (χ3v) is 4.12. The molecule has 12 heteroatoms. The Kier molecular flexibility index (Phi) is 5.92. The Morgan fingerprint density at radius 1 is 1.23 bits per heavy atom. The fraction of sp³-hybridized carbons (Fsp3) is 0.111. The standard InChI is InChI=1S/C18H12ClF3N4O4/c19-13-8-11(18(20,21)22)6-7-14(13)25-17(15(9-23-25)26(28)29)24-16(27)10-30-12-4-2-1-3-5-12/h1-9H,10H2,(H,24,27). The van der Waals surface area contributed by atoms with Gasteiger partial charge in [0.05, 0.1) is 21.2 Å². The molecule has 156 valence electrons. The van der Waals surface area contributed by atoms with Crippen LogP contribution in [0.3, 0.4) is 0 Å². The monoisotopic (exact) mass is 440 g/mol. The van der Waals surface area contributed by atoms with Crippen LogP contribution in [0.1, 0.15) is 5.56 Å². The Balaban J connectivity index is 1.89. The molecule has 8 nitrogen and oxygen atoms in total. The summed E-state index contributed by atoms with van der Waals surface area (Å²) in [5.41, 5.74) is -1.66. The minimum Gasteiger partial charge on any atom is -0.484 e. The molecule has 1 N–H and O–H groups in total. The largest absolute Gasteiger partial charge is 0.484 e. The van der Waals surface area contributed by atoms with Crippen LogP contribution in [0.25, 0.3) is 5.69 Å². The van der Waals surface area contributed by atoms with E-state index in [1.165, 1.54) is 0 Å². The van der Waals surface area contributed by atoms with E-state index >= 15 is 0 Å². The molecule has 30 heavy (non-hydrogen) atoms. The van der Waals surface area contributed by atoms with Crippen molar-refractivity contribution in [3.8, 4) is 11.4 Å². The lowest BCUT2D eigenvalue weighted by Crippen LogP contribution is -2.22. The van der Waals surface area contributed by atoms with Crippen molar-refractivity contribution in [2.45, 2.75) is 6.18 Å². The lowest BCUT2D eigenvalue weighted by molar-refractivity contribution is -0.384. The Morgan fingerprint density at radius 2 is 1.93 bits per heavy atom. The summed E-state index contributed by atoms with van der Waals surface area (Å²) < 4.78 is 44.7. The van der Waals surface area contributed by atoms with Gasteiger partial charge in [-0.05, 0) is 30.3 Å². The predicted octanol–water partition coefficient (Wildman–Crippen LogP) is 4.47. The second-order valence-corrected chi connectivity index (χ2v) is 6.27. The minimum absolute atomic E-state index is 0.0861. The van der Waals surface area contributed by atoms with E-state index in [4.69, 9.17) is 16.3 Å². The van der Waals surface area contributed by atoms with Crippen molar-refractivity contribution in [1.29, 1.82) is 0 Å². The molecule has 3 aromatic rings. The van der Waals surface area contributed by atoms with Gasteiger partial charge in [-0.25, -0.2) is 4.68 Å². The molecule has 2 aromatic carbocycles. The van der Waals surface area contributed by atoms with Gasteiger partial charge in [-0.3, -0.25) is 14.9 Å². The van der Waals surface area contributed by atoms with E-state index in [1.54, 1.807) is 30.3 Å². The first-order valence-electron chi connectivity index (χ1n) is 8.24. The third-order valence-electron chi connectivity index (χ3n) is 3.82. The van der Waals surface area contributed by atoms with Crippen molar-refractivity contribution in [3.05, 3.63) is 75.4 Å². The maximum absolute atomic E-state index is 12.8. The average Bonchev–Trinajstić information content (AvgIpc) is 3.10. The first kappa shape index (κ1) is 21.1. The maximum atomic E-state index is 12.8. The number of hydrogen-bond donors (Lipinski definition) is 1. The summed E-state index contributed by atoms with van der Waals surface area (Å²) in [6, 6.07) is 10.8. The second-order valence-electron chi connectivity index (χ2n) is 5.86. The van der Waals surface area contributed by atoms with Crippen molar-refractivity contribution in [2.75, 3.05) is 11.9 Å². The first-order chi connectivity index (χ1) is 14.2. The van der Waals surface area contributed by atoms with Gasteiger partial charge in [0.2, 0.25) is 5.82 Å². The van der Waals surface area contributed by atoms with E-state index in [-0.39, 0.29) is 16.5 Å². The highest BCUT2D eigenvalue weighted by molar-refractivity contribution is 6.32. The number of benzene rings is 2. The van der Waals surface area contributed by atoms with Gasteiger partial charge < -0.3 is 10.1 Å². The molecule has 0 aliphatic heterocycles. The molecule has 0 aliphatic rings. The van der Waals surface area contributed by atoms with E-state index in [2.05, 4.69) is 10.4 Å². The Hall–Kier alpha value is -3.60. The molecule has 1 aromatic heterocycles. The third kappa shape index (κ3) is 4.69. The highest BCUT2D eigenvalue weighted by Gasteiger charge is 2.32. The molecule has 0 saturated carbocycles. The molecule has 3 rings (SSSR count). The van der Waals surface area contributed by atoms with E-state index in [0.717, 1.165) is 23.0 Å². The van der Waals surface area contributed by atoms with Crippen LogP contribution in [0.15, 0.2) is 54.7 Å². The van der Waals surface area contributed by atoms with E-state index in [1.807, 2.05) is 0 Å². The summed E-state index contributed by atoms with van der Waals surface area (Å²) in [4.78, 5) is 22.7. The van der Waals surface area contributed by atoms with Gasteiger partial charge in [0, 0.05) is 0 Å². The zero-order valence-corrected chi connectivity index (χ0v) is 15.6. The number of halogens is 4. The molecule has 1 amide bonds. The van der Waals surface area contributed by atoms with Crippen LogP contribution >= 0.6 is 11.6 Å². The minimum atomic E-state index is -4.62. The van der Waals surface area contributed by atoms with Crippen LogP contribution in [-0.4, -0.2) is 27.2 Å². The molecule has 0 aliphatic carbocycles. The zero-order valence-electron chi connectivity index (χ0n) is 14.9. The van der Waals surface area contributed by atoms with Gasteiger partial charge in [-0.15, -0.1) is 0 Å². The van der Waals surface area contributed by atoms with Gasteiger partial charge in [0.1, 0.15) is 11.9 Å². The molecule has 0 bridgehead atoms. The second kappa shape index (κ2) is 8.41. The number of anilines is 1. The van der Waals surface area contributed by atoms with Crippen molar-refractivity contribution < 1.29 is 27.6 Å². The number of aromatic nitrogens is 2. The number of amides is 1. The number of carbonyl (C=O) groups excluding carboxylic acids is 1. The zero-order chi connectivity index (χ0) is 21.9. The predicted molar refractivity (Wildman–Crippen MR) is 101 cm³/mol. The fourth-order valence-corrected chi connectivity index (χ4v) is 2.72. The number of nitro groups is 1. The highest BCUT2D eigenvalue weighted by Crippen LogP contribution is 2.35. The summed E-state index contributed by atoms with van der Waals surface area (Å²) in [5, 5.41) is 17.0. The lowest BCUT2D eigenvalue weighted by Gasteiger charge is -2.12. The topological polar surface area (TPSA) is 99.3 Å². The van der Waals surface area contributed by atoms with Crippen LogP contribution in [0, 0.1) is 10.1 Å². The van der Waals surface area contributed by atoms with Crippen LogP contribution in [0.5, 0.6) is 5.75 Å². The van der Waals surface area contributed by atoms with Crippen molar-refractivity contribution in [3.63, 3.8) is 0 Å². The first-order valence-corrected chi connectivity index (χ1v) is 8.62. The van der Waals surface area contributed by atoms with Crippen LogP contribution in [-0.2, 0) is 11.0 Å². The van der Waals surface area contributed by atoms with Crippen LogP contribution < -0.4 is 10.1 Å². The summed E-state index contributed by atoms with van der Waals surface area (Å²) in [6.07, 6.45) is -3.77. The molecule has 0 unspecified atom stereocenters. The summed E-state index contributed by atoms with van der Waals surface area (Å²) >= 11 is 5.94. The van der Waals surface area contributed by atoms with Crippen molar-refractivity contribution in [1.82, 2.24) is 9.78 Å². The molecule has 0 fully saturated rings. The smallest absolute Gasteiger partial charge is 0.416 e. The van der Waals surface area contributed by atoms with Crippen LogP contribution in [0.4, 0.5) is 24.7 Å². The van der Waals surface area contributed by atoms with E-state index < -0.39 is 34.9 Å². The van der Waals surface area contributed by atoms with Crippen molar-refractivity contribution >= 4 is 29.0 Å². The maximum Gasteiger partial charge on any atom is 0.416 e. The number of nitrogens with zero attached hydrogens (tertiary/aromatic N) is 3. The van der Waals surface area contributed by atoms with Gasteiger partial charge in [-0.1, -0.05) is 29.8 Å². The summed E-state index contributed by atoms with van der Waals surface area (Å²) in [5.74, 6) is -0.712. The summed E-state index contributed by atoms with van der Waals surface area (Å²) in [6.45, 7) is -0.465. The molecule has 0 saturated heterocycles. The number of rotatable bonds is 6. The number of ether oxygens (including phenoxy) is 1. The molecular weight excluding hydrogens is 429 g/mol. The molecule has 1 heterocycles. The molecule has 0 atom stereocenters. The molecular formula is C18H12ClF3N4O4. The molecule has 0 spiro atoms. The number of carbonyl (C=O) groups is 1. The van der Waals surface area contributed by atoms with Crippen molar-refractivity contribution in [2.24, 2.45) is 0 Å². The number of alkyl halides is 3. The van der Waals surface area contributed by atoms with Gasteiger partial charge in [0.25, 0.3) is 5.91 Å². The van der Waals surface area contributed by atoms with E-state index in [9.17, 15) is 28.1 Å². The Labute approximate surface area is 172 Å². The SMILES string of the molecule is O=C(COc1ccccc1)Nc1c([N+](=O)[O-])cnn1-c1ccc(C(F)(F)F)cc1Cl. The Morgan fingerprint density at radius 3 is 2.53 bits per heavy atom. The number of nitrogens with one attached hydrogen (secondary N) is 1. The van der Waals surface area contributed by atoms with Crippen LogP contribution in [0.2, 0.25) is 5.02 Å². The number of hydrogen-bond acceptors (Lipinski definition) is 5.